The van der Waals surface area contributed by atoms with E-state index in [1.807, 2.05) is 23.6 Å². The maximum Gasteiger partial charge on any atom is 0.175 e. The molecular formula is C15H21N7S. The number of hydrogen-bond acceptors (Lipinski definition) is 5. The van der Waals surface area contributed by atoms with Gasteiger partial charge in [0.05, 0.1) is 17.0 Å². The molecule has 4 N–H and O–H groups in total. The number of likely N-dealkylation sites (N-methyl/N-ethyl adjacent to an activating group) is 1. The molecule has 0 aliphatic carbocycles. The largest absolute Gasteiger partial charge is 0.387 e. The van der Waals surface area contributed by atoms with Crippen molar-refractivity contribution in [3.8, 4) is 10.6 Å². The molecule has 0 atom stereocenters. The Balaban J connectivity index is 1.60. The molecule has 1 aliphatic heterocycles. The van der Waals surface area contributed by atoms with Crippen molar-refractivity contribution in [2.75, 3.05) is 33.2 Å². The standard InChI is InChI=1S/C15H21N7S/c1-21-4-6-22(7-5-21)14(17)10-13(16)18-15-9-11(19-20-15)12-3-2-8-23-12/h2-3,8-9,17H,4-7,10H2,1H3,(H3,16,18,19,20). The molecule has 0 unspecified atom stereocenters. The van der Waals surface area contributed by atoms with Crippen molar-refractivity contribution < 1.29 is 0 Å². The SMILES string of the molecule is CN1CCN(C(=N)CC(N)=Nc2cc(-c3cccs3)[nH]n2)CC1. The number of rotatable bonds is 4. The van der Waals surface area contributed by atoms with Crippen LogP contribution in [-0.4, -0.2) is 64.9 Å². The summed E-state index contributed by atoms with van der Waals surface area (Å²) in [6.07, 6.45) is 0.352. The first kappa shape index (κ1) is 15.7. The minimum absolute atomic E-state index is 0.352. The van der Waals surface area contributed by atoms with Gasteiger partial charge in [-0.05, 0) is 18.5 Å². The van der Waals surface area contributed by atoms with E-state index in [9.17, 15) is 0 Å². The zero-order valence-electron chi connectivity index (χ0n) is 13.1. The third kappa shape index (κ3) is 3.96. The molecule has 0 radical (unpaired) electrons. The van der Waals surface area contributed by atoms with E-state index in [1.165, 1.54) is 0 Å². The molecule has 0 bridgehead atoms. The van der Waals surface area contributed by atoms with Crippen molar-refractivity contribution in [3.05, 3.63) is 23.6 Å². The number of piperazine rings is 1. The van der Waals surface area contributed by atoms with Crippen LogP contribution in [0.25, 0.3) is 10.6 Å². The second-order valence-corrected chi connectivity index (χ2v) is 6.58. The van der Waals surface area contributed by atoms with Gasteiger partial charge in [0, 0.05) is 32.2 Å². The van der Waals surface area contributed by atoms with E-state index in [4.69, 9.17) is 11.1 Å². The van der Waals surface area contributed by atoms with Crippen molar-refractivity contribution in [2.45, 2.75) is 6.42 Å². The van der Waals surface area contributed by atoms with E-state index < -0.39 is 0 Å². The van der Waals surface area contributed by atoms with E-state index in [2.05, 4.69) is 32.0 Å². The number of H-pyrrole nitrogens is 1. The lowest BCUT2D eigenvalue weighted by molar-refractivity contribution is 0.213. The summed E-state index contributed by atoms with van der Waals surface area (Å²) >= 11 is 1.64. The van der Waals surface area contributed by atoms with Crippen molar-refractivity contribution in [1.29, 1.82) is 5.41 Å². The molecule has 3 rings (SSSR count). The second-order valence-electron chi connectivity index (χ2n) is 5.63. The van der Waals surface area contributed by atoms with Crippen LogP contribution in [0.1, 0.15) is 6.42 Å². The van der Waals surface area contributed by atoms with Crippen molar-refractivity contribution >= 4 is 28.8 Å². The Morgan fingerprint density at radius 3 is 2.91 bits per heavy atom. The summed E-state index contributed by atoms with van der Waals surface area (Å²) < 4.78 is 0. The Bertz CT molecular complexity index is 681. The molecule has 122 valence electrons. The van der Waals surface area contributed by atoms with Gasteiger partial charge in [0.2, 0.25) is 0 Å². The highest BCUT2D eigenvalue weighted by atomic mass is 32.1. The molecule has 0 saturated carbocycles. The number of nitrogens with two attached hydrogens (primary N) is 1. The number of aromatic amines is 1. The van der Waals surface area contributed by atoms with Crippen LogP contribution in [0, 0.1) is 5.41 Å². The minimum atomic E-state index is 0.352. The first-order chi connectivity index (χ1) is 11.1. The third-order valence-electron chi connectivity index (χ3n) is 3.84. The fraction of sp³-hybridized carbons (Fsp3) is 0.400. The predicted molar refractivity (Wildman–Crippen MR) is 94.6 cm³/mol. The normalized spacial score (nSPS) is 16.7. The summed E-state index contributed by atoms with van der Waals surface area (Å²) in [6, 6.07) is 5.89. The molecule has 0 spiro atoms. The topological polar surface area (TPSA) is 97.4 Å². The summed E-state index contributed by atoms with van der Waals surface area (Å²) in [5.41, 5.74) is 6.92. The van der Waals surface area contributed by atoms with Gasteiger partial charge in [-0.2, -0.15) is 5.10 Å². The summed E-state index contributed by atoms with van der Waals surface area (Å²) in [6.45, 7) is 3.69. The summed E-state index contributed by atoms with van der Waals surface area (Å²) in [7, 11) is 2.10. The number of nitrogens with zero attached hydrogens (tertiary/aromatic N) is 4. The van der Waals surface area contributed by atoms with E-state index in [1.54, 1.807) is 11.3 Å². The van der Waals surface area contributed by atoms with Gasteiger partial charge in [-0.25, -0.2) is 4.99 Å². The molecule has 1 saturated heterocycles. The summed E-state index contributed by atoms with van der Waals surface area (Å²) in [5, 5.41) is 17.3. The number of aromatic nitrogens is 2. The van der Waals surface area contributed by atoms with Crippen LogP contribution in [0.3, 0.4) is 0 Å². The fourth-order valence-corrected chi connectivity index (χ4v) is 3.17. The number of nitrogens with one attached hydrogen (secondary N) is 2. The molecular weight excluding hydrogens is 310 g/mol. The lowest BCUT2D eigenvalue weighted by atomic mass is 10.2. The molecule has 23 heavy (non-hydrogen) atoms. The maximum atomic E-state index is 8.18. The molecule has 7 nitrogen and oxygen atoms in total. The zero-order valence-corrected chi connectivity index (χ0v) is 13.9. The molecule has 3 heterocycles. The average molecular weight is 331 g/mol. The van der Waals surface area contributed by atoms with Crippen molar-refractivity contribution in [3.63, 3.8) is 0 Å². The van der Waals surface area contributed by atoms with Crippen molar-refractivity contribution in [1.82, 2.24) is 20.0 Å². The summed E-state index contributed by atoms with van der Waals surface area (Å²) in [5.74, 6) is 1.49. The first-order valence-electron chi connectivity index (χ1n) is 7.55. The minimum Gasteiger partial charge on any atom is -0.387 e. The molecule has 0 amide bonds. The molecule has 2 aromatic rings. The fourth-order valence-electron chi connectivity index (χ4n) is 2.47. The van der Waals surface area contributed by atoms with E-state index >= 15 is 0 Å². The van der Waals surface area contributed by atoms with Crippen LogP contribution >= 0.6 is 11.3 Å². The number of amidine groups is 2. The Hall–Kier alpha value is -2.19. The second kappa shape index (κ2) is 6.93. The molecule has 2 aromatic heterocycles. The lowest BCUT2D eigenvalue weighted by Gasteiger charge is -2.34. The predicted octanol–water partition coefficient (Wildman–Crippen LogP) is 1.74. The number of thiophene rings is 1. The summed E-state index contributed by atoms with van der Waals surface area (Å²) in [4.78, 5) is 9.75. The maximum absolute atomic E-state index is 8.18. The number of hydrogen-bond donors (Lipinski definition) is 3. The molecule has 0 aromatic carbocycles. The first-order valence-corrected chi connectivity index (χ1v) is 8.43. The van der Waals surface area contributed by atoms with Crippen LogP contribution in [-0.2, 0) is 0 Å². The quantitative estimate of drug-likeness (QED) is 0.587. The Kier molecular flexibility index (Phi) is 4.73. The van der Waals surface area contributed by atoms with Gasteiger partial charge in [-0.3, -0.25) is 10.5 Å². The highest BCUT2D eigenvalue weighted by Crippen LogP contribution is 2.25. The van der Waals surface area contributed by atoms with Crippen LogP contribution in [0.2, 0.25) is 0 Å². The van der Waals surface area contributed by atoms with Gasteiger partial charge in [0.25, 0.3) is 0 Å². The van der Waals surface area contributed by atoms with Gasteiger partial charge in [-0.1, -0.05) is 6.07 Å². The van der Waals surface area contributed by atoms with Gasteiger partial charge in [0.1, 0.15) is 11.7 Å². The third-order valence-corrected chi connectivity index (χ3v) is 4.75. The molecule has 8 heteroatoms. The number of aliphatic imine (C=N–C) groups is 1. The smallest absolute Gasteiger partial charge is 0.175 e. The van der Waals surface area contributed by atoms with Gasteiger partial charge >= 0.3 is 0 Å². The molecule has 1 fully saturated rings. The highest BCUT2D eigenvalue weighted by Gasteiger charge is 2.17. The average Bonchev–Trinajstić information content (AvgIpc) is 3.18. The van der Waals surface area contributed by atoms with E-state index in [-0.39, 0.29) is 0 Å². The lowest BCUT2D eigenvalue weighted by Crippen LogP contribution is -2.47. The molecule has 1 aliphatic rings. The Labute approximate surface area is 139 Å². The van der Waals surface area contributed by atoms with Crippen LogP contribution in [0.4, 0.5) is 5.82 Å². The monoisotopic (exact) mass is 331 g/mol. The van der Waals surface area contributed by atoms with Crippen molar-refractivity contribution in [2.24, 2.45) is 10.7 Å². The van der Waals surface area contributed by atoms with Crippen LogP contribution in [0.5, 0.6) is 0 Å². The Morgan fingerprint density at radius 2 is 2.22 bits per heavy atom. The zero-order chi connectivity index (χ0) is 16.2. The van der Waals surface area contributed by atoms with E-state index in [0.717, 1.165) is 36.8 Å². The van der Waals surface area contributed by atoms with Gasteiger partial charge < -0.3 is 15.5 Å². The van der Waals surface area contributed by atoms with E-state index in [0.29, 0.717) is 23.9 Å². The van der Waals surface area contributed by atoms with Crippen LogP contribution in [0.15, 0.2) is 28.6 Å². The van der Waals surface area contributed by atoms with Gasteiger partial charge in [-0.15, -0.1) is 11.3 Å². The van der Waals surface area contributed by atoms with Gasteiger partial charge in [0.15, 0.2) is 5.82 Å². The van der Waals surface area contributed by atoms with Crippen LogP contribution < -0.4 is 5.73 Å². The Morgan fingerprint density at radius 1 is 1.43 bits per heavy atom. The highest BCUT2D eigenvalue weighted by molar-refractivity contribution is 7.13.